The number of aliphatic hydroxyl groups is 1. The van der Waals surface area contributed by atoms with Crippen LogP contribution in [0.1, 0.15) is 19.8 Å². The van der Waals surface area contributed by atoms with Crippen LogP contribution in [-0.4, -0.2) is 53.0 Å². The maximum atomic E-state index is 11.7. The normalized spacial score (nSPS) is 15.9. The third-order valence-electron chi connectivity index (χ3n) is 4.18. The molecule has 30 heavy (non-hydrogen) atoms. The van der Waals surface area contributed by atoms with Crippen molar-refractivity contribution in [3.63, 3.8) is 0 Å². The lowest BCUT2D eigenvalue weighted by molar-refractivity contribution is -0.114. The highest BCUT2D eigenvalue weighted by atomic mass is 35.5. The summed E-state index contributed by atoms with van der Waals surface area (Å²) in [4.78, 5) is 18.4. The van der Waals surface area contributed by atoms with E-state index in [1.807, 2.05) is 6.92 Å². The number of carbonyl (C=O) groups excluding carboxylic acids is 1. The van der Waals surface area contributed by atoms with Crippen LogP contribution < -0.4 is 26.8 Å². The number of nitrogens with zero attached hydrogens (tertiary/aromatic N) is 3. The van der Waals surface area contributed by atoms with E-state index >= 15 is 0 Å². The second-order valence-electron chi connectivity index (χ2n) is 6.25. The number of aliphatic hydroxyl groups excluding tert-OH is 1. The van der Waals surface area contributed by atoms with Gasteiger partial charge in [0.05, 0.1) is 6.61 Å². The van der Waals surface area contributed by atoms with Crippen molar-refractivity contribution in [3.8, 4) is 5.75 Å². The molecule has 1 atom stereocenters. The fourth-order valence-electron chi connectivity index (χ4n) is 2.74. The zero-order chi connectivity index (χ0) is 21.6. The Morgan fingerprint density at radius 2 is 2.17 bits per heavy atom. The van der Waals surface area contributed by atoms with Gasteiger partial charge >= 0.3 is 0 Å². The van der Waals surface area contributed by atoms with Crippen molar-refractivity contribution in [2.75, 3.05) is 24.7 Å². The van der Waals surface area contributed by atoms with Crippen LogP contribution in [0.25, 0.3) is 0 Å². The summed E-state index contributed by atoms with van der Waals surface area (Å²) in [7, 11) is 0. The minimum atomic E-state index is -1.04. The fraction of sp³-hybridized carbons (Fsp3) is 0.389. The molecule has 0 spiro atoms. The predicted molar refractivity (Wildman–Crippen MR) is 120 cm³/mol. The molecule has 166 valence electrons. The number of amides is 1. The Labute approximate surface area is 186 Å². The third-order valence-corrected chi connectivity index (χ3v) is 4.49. The van der Waals surface area contributed by atoms with Gasteiger partial charge in [-0.15, -0.1) is 12.4 Å². The van der Waals surface area contributed by atoms with E-state index < -0.39 is 12.1 Å². The van der Waals surface area contributed by atoms with E-state index in [1.165, 1.54) is 4.90 Å². The Balaban J connectivity index is 0.00000450. The van der Waals surface area contributed by atoms with E-state index in [4.69, 9.17) is 44.1 Å². The van der Waals surface area contributed by atoms with Crippen LogP contribution in [-0.2, 0) is 4.79 Å². The number of ether oxygens (including phenoxy) is 1. The number of primary amides is 1. The summed E-state index contributed by atoms with van der Waals surface area (Å²) in [5.74, 6) is -0.567. The summed E-state index contributed by atoms with van der Waals surface area (Å²) in [6.45, 7) is 2.54. The van der Waals surface area contributed by atoms with E-state index in [0.717, 1.165) is 12.8 Å². The van der Waals surface area contributed by atoms with Crippen LogP contribution in [0.2, 0.25) is 0 Å². The maximum Gasteiger partial charge on any atom is 0.271 e. The van der Waals surface area contributed by atoms with Crippen molar-refractivity contribution in [2.24, 2.45) is 22.2 Å². The molecule has 0 saturated carbocycles. The number of rotatable bonds is 8. The molecule has 0 aromatic heterocycles. The SMILES string of the molecule is CCCCN(C(=N)N1C(N)=C(C(N)=O)N=C(Cl)C1N)c1cccc(OCCO)c1.Cl. The van der Waals surface area contributed by atoms with Gasteiger partial charge in [0.15, 0.2) is 5.70 Å². The number of nitrogens with two attached hydrogens (primary N) is 3. The van der Waals surface area contributed by atoms with Crippen molar-refractivity contribution in [1.82, 2.24) is 4.90 Å². The molecule has 0 radical (unpaired) electrons. The summed E-state index contributed by atoms with van der Waals surface area (Å²) >= 11 is 6.07. The van der Waals surface area contributed by atoms with Crippen molar-refractivity contribution in [1.29, 1.82) is 5.41 Å². The van der Waals surface area contributed by atoms with Gasteiger partial charge in [-0.25, -0.2) is 4.99 Å². The highest BCUT2D eigenvalue weighted by Crippen LogP contribution is 2.26. The predicted octanol–water partition coefficient (Wildman–Crippen LogP) is 0.872. The molecule has 2 rings (SSSR count). The van der Waals surface area contributed by atoms with Crippen molar-refractivity contribution >= 4 is 46.7 Å². The fourth-order valence-corrected chi connectivity index (χ4v) is 2.92. The highest BCUT2D eigenvalue weighted by molar-refractivity contribution is 6.67. The second kappa shape index (κ2) is 11.6. The second-order valence-corrected chi connectivity index (χ2v) is 6.63. The lowest BCUT2D eigenvalue weighted by Crippen LogP contribution is -2.58. The lowest BCUT2D eigenvalue weighted by Gasteiger charge is -2.38. The van der Waals surface area contributed by atoms with Gasteiger partial charge in [-0.2, -0.15) is 0 Å². The number of halogens is 2. The standard InChI is InChI=1S/C18H26ClN7O3.ClH/c1-2-3-7-25(11-5-4-6-12(10-11)29-9-8-27)18(23)26-15(20)13(17(22)28)24-14(19)16(26)21;/h4-6,10,16,23,27H,2-3,7-9,20-21H2,1H3,(H2,22,28);1H. The number of carbonyl (C=O) groups is 1. The zero-order valence-corrected chi connectivity index (χ0v) is 18.1. The molecule has 1 aliphatic heterocycles. The molecule has 1 amide bonds. The molecule has 0 saturated heterocycles. The number of anilines is 1. The Hall–Kier alpha value is -2.53. The van der Waals surface area contributed by atoms with Crippen LogP contribution in [0.3, 0.4) is 0 Å². The lowest BCUT2D eigenvalue weighted by atomic mass is 10.2. The molecule has 1 heterocycles. The highest BCUT2D eigenvalue weighted by Gasteiger charge is 2.34. The van der Waals surface area contributed by atoms with E-state index in [-0.39, 0.29) is 48.3 Å². The number of nitrogens with one attached hydrogen (secondary N) is 1. The van der Waals surface area contributed by atoms with Gasteiger partial charge in [-0.05, 0) is 18.6 Å². The smallest absolute Gasteiger partial charge is 0.271 e. The molecule has 0 fully saturated rings. The number of unbranched alkanes of at least 4 members (excludes halogenated alkanes) is 1. The van der Waals surface area contributed by atoms with Crippen LogP contribution in [0.5, 0.6) is 5.75 Å². The van der Waals surface area contributed by atoms with Crippen molar-refractivity contribution in [3.05, 3.63) is 35.8 Å². The number of aliphatic imine (C=N–C) groups is 1. The van der Waals surface area contributed by atoms with E-state index in [2.05, 4.69) is 4.99 Å². The first-order valence-electron chi connectivity index (χ1n) is 9.10. The summed E-state index contributed by atoms with van der Waals surface area (Å²) in [6.07, 6.45) is 0.628. The zero-order valence-electron chi connectivity index (χ0n) is 16.5. The quantitative estimate of drug-likeness (QED) is 0.283. The number of hydrogen-bond acceptors (Lipinski definition) is 7. The first kappa shape index (κ1) is 25.5. The average molecular weight is 460 g/mol. The number of benzene rings is 1. The first-order chi connectivity index (χ1) is 13.8. The Kier molecular flexibility index (Phi) is 9.86. The van der Waals surface area contributed by atoms with E-state index in [1.54, 1.807) is 29.2 Å². The van der Waals surface area contributed by atoms with Crippen molar-refractivity contribution in [2.45, 2.75) is 25.9 Å². The topological polar surface area (TPSA) is 167 Å². The molecular weight excluding hydrogens is 433 g/mol. The van der Waals surface area contributed by atoms with Gasteiger partial charge in [-0.3, -0.25) is 15.1 Å². The van der Waals surface area contributed by atoms with Crippen LogP contribution in [0, 0.1) is 5.41 Å². The largest absolute Gasteiger partial charge is 0.491 e. The molecule has 10 nitrogen and oxygen atoms in total. The summed E-state index contributed by atoms with van der Waals surface area (Å²) in [6, 6.07) is 7.05. The average Bonchev–Trinajstić information content (AvgIpc) is 2.69. The van der Waals surface area contributed by atoms with Gasteiger partial charge in [-0.1, -0.05) is 31.0 Å². The molecule has 12 heteroatoms. The molecule has 1 aliphatic rings. The van der Waals surface area contributed by atoms with Gasteiger partial charge in [0.25, 0.3) is 5.91 Å². The molecular formula is C18H27Cl2N7O3. The first-order valence-corrected chi connectivity index (χ1v) is 9.47. The Morgan fingerprint density at radius 3 is 2.77 bits per heavy atom. The molecule has 0 bridgehead atoms. The third kappa shape index (κ3) is 5.76. The van der Waals surface area contributed by atoms with Crippen LogP contribution >= 0.6 is 24.0 Å². The summed E-state index contributed by atoms with van der Waals surface area (Å²) in [5.41, 5.74) is 17.9. The minimum absolute atomic E-state index is 0. The van der Waals surface area contributed by atoms with Gasteiger partial charge in [0.1, 0.15) is 29.5 Å². The van der Waals surface area contributed by atoms with Gasteiger partial charge in [0, 0.05) is 18.3 Å². The van der Waals surface area contributed by atoms with E-state index in [9.17, 15) is 4.79 Å². The summed E-state index contributed by atoms with van der Waals surface area (Å²) < 4.78 is 5.46. The molecule has 8 N–H and O–H groups in total. The molecule has 1 unspecified atom stereocenters. The van der Waals surface area contributed by atoms with Gasteiger partial charge < -0.3 is 31.9 Å². The maximum absolute atomic E-state index is 11.7. The number of guanidine groups is 1. The summed E-state index contributed by atoms with van der Waals surface area (Å²) in [5, 5.41) is 17.6. The van der Waals surface area contributed by atoms with Crippen LogP contribution in [0.4, 0.5) is 5.69 Å². The Bertz CT molecular complexity index is 832. The van der Waals surface area contributed by atoms with E-state index in [0.29, 0.717) is 18.0 Å². The van der Waals surface area contributed by atoms with Crippen molar-refractivity contribution < 1.29 is 14.6 Å². The molecule has 0 aliphatic carbocycles. The number of hydrogen-bond donors (Lipinski definition) is 5. The molecule has 1 aromatic rings. The Morgan fingerprint density at radius 1 is 1.47 bits per heavy atom. The van der Waals surface area contributed by atoms with Gasteiger partial charge in [0.2, 0.25) is 5.96 Å². The monoisotopic (exact) mass is 459 g/mol. The minimum Gasteiger partial charge on any atom is -0.491 e. The van der Waals surface area contributed by atoms with Crippen LogP contribution in [0.15, 0.2) is 40.8 Å². The molecule has 1 aromatic carbocycles.